The van der Waals surface area contributed by atoms with Gasteiger partial charge in [0.1, 0.15) is 0 Å². The van der Waals surface area contributed by atoms with Crippen LogP contribution < -0.4 is 5.73 Å². The van der Waals surface area contributed by atoms with Crippen LogP contribution in [0.5, 0.6) is 0 Å². The van der Waals surface area contributed by atoms with Gasteiger partial charge in [0.2, 0.25) is 11.8 Å². The fraction of sp³-hybridized carbons (Fsp3) is 0.304. The lowest BCUT2D eigenvalue weighted by molar-refractivity contribution is -0.132. The molecule has 1 fully saturated rings. The summed E-state index contributed by atoms with van der Waals surface area (Å²) in [7, 11) is 0. The lowest BCUT2D eigenvalue weighted by atomic mass is 10.1. The number of benzene rings is 2. The predicted octanol–water partition coefficient (Wildman–Crippen LogP) is 3.12. The molecule has 2 aliphatic rings. The molecule has 1 saturated carbocycles. The number of imide groups is 1. The molecular formula is C23H22BrN3O4. The van der Waals surface area contributed by atoms with E-state index in [0.29, 0.717) is 29.7 Å². The van der Waals surface area contributed by atoms with E-state index in [2.05, 4.69) is 15.9 Å². The van der Waals surface area contributed by atoms with Crippen molar-refractivity contribution in [2.75, 3.05) is 6.54 Å². The van der Waals surface area contributed by atoms with Gasteiger partial charge < -0.3 is 10.6 Å². The highest BCUT2D eigenvalue weighted by molar-refractivity contribution is 9.10. The summed E-state index contributed by atoms with van der Waals surface area (Å²) < 4.78 is 0.744. The number of amides is 4. The smallest absolute Gasteiger partial charge is 0.261 e. The maximum atomic E-state index is 12.9. The first-order valence-electron chi connectivity index (χ1n) is 10.2. The molecule has 0 atom stereocenters. The number of carbonyl (C=O) groups excluding carboxylic acids is 4. The number of hydrogen-bond acceptors (Lipinski definition) is 4. The van der Waals surface area contributed by atoms with Gasteiger partial charge in [0.15, 0.2) is 0 Å². The van der Waals surface area contributed by atoms with E-state index in [4.69, 9.17) is 5.73 Å². The van der Waals surface area contributed by atoms with Gasteiger partial charge in [-0.2, -0.15) is 0 Å². The van der Waals surface area contributed by atoms with Crippen LogP contribution in [0.4, 0.5) is 0 Å². The highest BCUT2D eigenvalue weighted by Crippen LogP contribution is 2.30. The van der Waals surface area contributed by atoms with E-state index in [9.17, 15) is 19.2 Å². The molecule has 31 heavy (non-hydrogen) atoms. The zero-order chi connectivity index (χ0) is 22.1. The predicted molar refractivity (Wildman–Crippen MR) is 117 cm³/mol. The first kappa shape index (κ1) is 21.2. The third-order valence-corrected chi connectivity index (χ3v) is 6.10. The second kappa shape index (κ2) is 8.63. The van der Waals surface area contributed by atoms with E-state index >= 15 is 0 Å². The molecule has 4 rings (SSSR count). The Hall–Kier alpha value is -3.00. The number of halogens is 1. The first-order chi connectivity index (χ1) is 14.8. The van der Waals surface area contributed by atoms with E-state index in [1.54, 1.807) is 42.5 Å². The summed E-state index contributed by atoms with van der Waals surface area (Å²) >= 11 is 3.32. The first-order valence-corrected chi connectivity index (χ1v) is 11.0. The normalized spacial score (nSPS) is 15.2. The lowest BCUT2D eigenvalue weighted by Crippen LogP contribution is -2.34. The van der Waals surface area contributed by atoms with Crippen LogP contribution in [0.2, 0.25) is 0 Å². The van der Waals surface area contributed by atoms with Crippen molar-refractivity contribution in [3.05, 3.63) is 69.2 Å². The summed E-state index contributed by atoms with van der Waals surface area (Å²) in [5, 5.41) is 0. The van der Waals surface area contributed by atoms with E-state index in [0.717, 1.165) is 22.9 Å². The molecule has 8 heteroatoms. The Bertz CT molecular complexity index is 1060. The lowest BCUT2D eigenvalue weighted by Gasteiger charge is -2.23. The SMILES string of the molecule is NC(=O)c1ccc(CN(C(=O)CCCN2C(=O)c3ccc(Br)cc3C2=O)C2CC2)cc1. The van der Waals surface area contributed by atoms with Gasteiger partial charge in [-0.05, 0) is 55.2 Å². The molecule has 2 aromatic rings. The number of carbonyl (C=O) groups is 4. The molecule has 4 amide bonds. The molecule has 0 spiro atoms. The maximum Gasteiger partial charge on any atom is 0.261 e. The number of nitrogens with two attached hydrogens (primary N) is 1. The van der Waals surface area contributed by atoms with Gasteiger partial charge in [-0.1, -0.05) is 28.1 Å². The van der Waals surface area contributed by atoms with E-state index in [-0.39, 0.29) is 36.7 Å². The van der Waals surface area contributed by atoms with Crippen molar-refractivity contribution >= 4 is 39.6 Å². The van der Waals surface area contributed by atoms with Gasteiger partial charge in [0.25, 0.3) is 11.8 Å². The molecule has 2 aromatic carbocycles. The Labute approximate surface area is 188 Å². The highest BCUT2D eigenvalue weighted by Gasteiger charge is 2.36. The second-order valence-electron chi connectivity index (χ2n) is 7.87. The fourth-order valence-electron chi connectivity index (χ4n) is 3.78. The molecule has 160 valence electrons. The minimum absolute atomic E-state index is 0.000770. The Morgan fingerprint density at radius 1 is 1.03 bits per heavy atom. The average Bonchev–Trinajstić information content (AvgIpc) is 3.56. The summed E-state index contributed by atoms with van der Waals surface area (Å²) in [4.78, 5) is 52.2. The van der Waals surface area contributed by atoms with Gasteiger partial charge in [-0.25, -0.2) is 0 Å². The van der Waals surface area contributed by atoms with Gasteiger partial charge in [-0.15, -0.1) is 0 Å². The minimum atomic E-state index is -0.484. The molecule has 0 unspecified atom stereocenters. The Kier molecular flexibility index (Phi) is 5.91. The van der Waals surface area contributed by atoms with Crippen molar-refractivity contribution in [1.29, 1.82) is 0 Å². The highest BCUT2D eigenvalue weighted by atomic mass is 79.9. The summed E-state index contributed by atoms with van der Waals surface area (Å²) in [5.41, 5.74) is 7.43. The zero-order valence-electron chi connectivity index (χ0n) is 16.8. The molecule has 0 saturated heterocycles. The molecule has 1 heterocycles. The van der Waals surface area contributed by atoms with Gasteiger partial charge in [0.05, 0.1) is 11.1 Å². The van der Waals surface area contributed by atoms with Crippen LogP contribution in [0.3, 0.4) is 0 Å². The second-order valence-corrected chi connectivity index (χ2v) is 8.79. The summed E-state index contributed by atoms with van der Waals surface area (Å²) in [6, 6.07) is 12.2. The fourth-order valence-corrected chi connectivity index (χ4v) is 4.14. The molecule has 2 N–H and O–H groups in total. The Morgan fingerprint density at radius 3 is 2.35 bits per heavy atom. The molecule has 7 nitrogen and oxygen atoms in total. The van der Waals surface area contributed by atoms with Crippen LogP contribution in [0.1, 0.15) is 62.3 Å². The van der Waals surface area contributed by atoms with E-state index in [1.807, 2.05) is 4.90 Å². The average molecular weight is 484 g/mol. The maximum absolute atomic E-state index is 12.9. The molecule has 0 bridgehead atoms. The van der Waals surface area contributed by atoms with Crippen LogP contribution >= 0.6 is 15.9 Å². The van der Waals surface area contributed by atoms with Crippen molar-refractivity contribution in [2.45, 2.75) is 38.3 Å². The van der Waals surface area contributed by atoms with E-state index in [1.165, 1.54) is 4.90 Å². The quantitative estimate of drug-likeness (QED) is 0.582. The molecule has 1 aliphatic carbocycles. The monoisotopic (exact) mass is 483 g/mol. The van der Waals surface area contributed by atoms with Crippen molar-refractivity contribution in [1.82, 2.24) is 9.80 Å². The van der Waals surface area contributed by atoms with Crippen molar-refractivity contribution in [3.8, 4) is 0 Å². The molecule has 1 aliphatic heterocycles. The molecule has 0 radical (unpaired) electrons. The third kappa shape index (κ3) is 4.54. The van der Waals surface area contributed by atoms with Crippen molar-refractivity contribution in [2.24, 2.45) is 5.73 Å². The summed E-state index contributed by atoms with van der Waals surface area (Å²) in [6.07, 6.45) is 2.61. The van der Waals surface area contributed by atoms with Gasteiger partial charge in [0, 0.05) is 35.6 Å². The Morgan fingerprint density at radius 2 is 1.71 bits per heavy atom. The number of primary amides is 1. The summed E-state index contributed by atoms with van der Waals surface area (Å²) in [6.45, 7) is 0.672. The van der Waals surface area contributed by atoms with Crippen LogP contribution in [0.25, 0.3) is 0 Å². The van der Waals surface area contributed by atoms with Crippen molar-refractivity contribution in [3.63, 3.8) is 0 Å². The van der Waals surface area contributed by atoms with E-state index < -0.39 is 5.91 Å². The van der Waals surface area contributed by atoms with Crippen molar-refractivity contribution < 1.29 is 19.2 Å². The number of nitrogens with zero attached hydrogens (tertiary/aromatic N) is 2. The molecular weight excluding hydrogens is 462 g/mol. The van der Waals surface area contributed by atoms with Gasteiger partial charge in [-0.3, -0.25) is 24.1 Å². The van der Waals surface area contributed by atoms with Crippen LogP contribution in [0.15, 0.2) is 46.9 Å². The zero-order valence-corrected chi connectivity index (χ0v) is 18.4. The van der Waals surface area contributed by atoms with Gasteiger partial charge >= 0.3 is 0 Å². The Balaban J connectivity index is 1.34. The van der Waals surface area contributed by atoms with Crippen LogP contribution in [-0.4, -0.2) is 46.0 Å². The molecule has 0 aromatic heterocycles. The standard InChI is InChI=1S/C23H22BrN3O4/c24-16-7-10-18-19(12-16)23(31)26(22(18)30)11-1-2-20(28)27(17-8-9-17)13-14-3-5-15(6-4-14)21(25)29/h3-7,10,12,17H,1-2,8-9,11,13H2,(H2,25,29). The number of rotatable bonds is 8. The third-order valence-electron chi connectivity index (χ3n) is 5.60. The number of fused-ring (bicyclic) bond motifs is 1. The van der Waals surface area contributed by atoms with Crippen LogP contribution in [0, 0.1) is 0 Å². The largest absolute Gasteiger partial charge is 0.366 e. The number of hydrogen-bond donors (Lipinski definition) is 1. The topological polar surface area (TPSA) is 101 Å². The summed E-state index contributed by atoms with van der Waals surface area (Å²) in [5.74, 6) is -1.11. The van der Waals surface area contributed by atoms with Crippen LogP contribution in [-0.2, 0) is 11.3 Å². The minimum Gasteiger partial charge on any atom is -0.366 e.